The lowest BCUT2D eigenvalue weighted by molar-refractivity contribution is 0.0936. The summed E-state index contributed by atoms with van der Waals surface area (Å²) < 4.78 is 5.21. The van der Waals surface area contributed by atoms with Crippen LogP contribution >= 0.6 is 11.8 Å². The van der Waals surface area contributed by atoms with Crippen molar-refractivity contribution in [3.05, 3.63) is 47.3 Å². The molecule has 0 saturated heterocycles. The molecule has 0 spiro atoms. The molecule has 2 aromatic rings. The van der Waals surface area contributed by atoms with E-state index in [1.807, 2.05) is 44.2 Å². The van der Waals surface area contributed by atoms with Crippen LogP contribution in [0, 0.1) is 12.8 Å². The van der Waals surface area contributed by atoms with Crippen LogP contribution < -0.4 is 5.32 Å². The highest BCUT2D eigenvalue weighted by Crippen LogP contribution is 2.26. The number of aliphatic hydroxyl groups is 1. The third-order valence-corrected chi connectivity index (χ3v) is 4.63. The van der Waals surface area contributed by atoms with Crippen molar-refractivity contribution in [2.75, 3.05) is 6.54 Å². The van der Waals surface area contributed by atoms with Gasteiger partial charge < -0.3 is 14.9 Å². The zero-order valence-corrected chi connectivity index (χ0v) is 15.1. The molecule has 24 heavy (non-hydrogen) atoms. The lowest BCUT2D eigenvalue weighted by atomic mass is 10.0. The SMILES string of the molecule is Cc1cc(CSc2ccccc2C(=O)NCC(C)CC(C)O)on1. The largest absolute Gasteiger partial charge is 0.393 e. The van der Waals surface area contributed by atoms with Gasteiger partial charge in [-0.3, -0.25) is 4.79 Å². The summed E-state index contributed by atoms with van der Waals surface area (Å²) in [6.07, 6.45) is 0.312. The molecule has 5 nitrogen and oxygen atoms in total. The molecule has 2 rings (SSSR count). The van der Waals surface area contributed by atoms with Crippen molar-refractivity contribution in [1.29, 1.82) is 0 Å². The summed E-state index contributed by atoms with van der Waals surface area (Å²) >= 11 is 1.55. The van der Waals surface area contributed by atoms with E-state index in [2.05, 4.69) is 10.5 Å². The maximum atomic E-state index is 12.4. The van der Waals surface area contributed by atoms with Crippen molar-refractivity contribution in [3.8, 4) is 0 Å². The van der Waals surface area contributed by atoms with E-state index >= 15 is 0 Å². The van der Waals surface area contributed by atoms with Crippen molar-refractivity contribution in [3.63, 3.8) is 0 Å². The number of aromatic nitrogens is 1. The number of rotatable bonds is 8. The average Bonchev–Trinajstić information content (AvgIpc) is 2.96. The van der Waals surface area contributed by atoms with E-state index in [1.54, 1.807) is 18.7 Å². The van der Waals surface area contributed by atoms with E-state index < -0.39 is 0 Å². The molecule has 0 aliphatic rings. The number of thioether (sulfide) groups is 1. The zero-order valence-electron chi connectivity index (χ0n) is 14.3. The van der Waals surface area contributed by atoms with E-state index in [0.29, 0.717) is 24.3 Å². The molecule has 1 amide bonds. The van der Waals surface area contributed by atoms with Gasteiger partial charge in [-0.05, 0) is 38.3 Å². The van der Waals surface area contributed by atoms with Gasteiger partial charge in [0.05, 0.1) is 23.1 Å². The summed E-state index contributed by atoms with van der Waals surface area (Å²) in [7, 11) is 0. The normalized spacial score (nSPS) is 13.5. The van der Waals surface area contributed by atoms with Gasteiger partial charge in [-0.1, -0.05) is 24.2 Å². The molecule has 0 bridgehead atoms. The predicted octanol–water partition coefficient (Wildman–Crippen LogP) is 3.41. The molecule has 130 valence electrons. The smallest absolute Gasteiger partial charge is 0.252 e. The second-order valence-corrected chi connectivity index (χ2v) is 7.14. The summed E-state index contributed by atoms with van der Waals surface area (Å²) in [6, 6.07) is 9.43. The Morgan fingerprint density at radius 2 is 2.12 bits per heavy atom. The van der Waals surface area contributed by atoms with Crippen LogP contribution in [0.4, 0.5) is 0 Å². The van der Waals surface area contributed by atoms with Crippen LogP contribution in [0.5, 0.6) is 0 Å². The van der Waals surface area contributed by atoms with E-state index in [-0.39, 0.29) is 17.9 Å². The topological polar surface area (TPSA) is 75.4 Å². The Balaban J connectivity index is 1.95. The number of aryl methyl sites for hydroxylation is 1. The molecule has 0 aliphatic carbocycles. The molecule has 0 aliphatic heterocycles. The van der Waals surface area contributed by atoms with Gasteiger partial charge in [0.1, 0.15) is 5.76 Å². The predicted molar refractivity (Wildman–Crippen MR) is 95.0 cm³/mol. The maximum Gasteiger partial charge on any atom is 0.252 e. The van der Waals surface area contributed by atoms with Crippen molar-refractivity contribution in [2.45, 2.75) is 43.9 Å². The minimum Gasteiger partial charge on any atom is -0.393 e. The Bertz CT molecular complexity index is 670. The van der Waals surface area contributed by atoms with Crippen molar-refractivity contribution in [1.82, 2.24) is 10.5 Å². The summed E-state index contributed by atoms with van der Waals surface area (Å²) in [5, 5.41) is 16.2. The lowest BCUT2D eigenvalue weighted by Crippen LogP contribution is -2.29. The van der Waals surface area contributed by atoms with Gasteiger partial charge in [-0.25, -0.2) is 0 Å². The summed E-state index contributed by atoms with van der Waals surface area (Å²) in [5.41, 5.74) is 1.51. The molecule has 1 aromatic carbocycles. The van der Waals surface area contributed by atoms with Crippen molar-refractivity contribution >= 4 is 17.7 Å². The van der Waals surface area contributed by atoms with Crippen LogP contribution in [0.2, 0.25) is 0 Å². The van der Waals surface area contributed by atoms with E-state index in [4.69, 9.17) is 4.52 Å². The first-order chi connectivity index (χ1) is 11.5. The van der Waals surface area contributed by atoms with Crippen LogP contribution in [0.15, 0.2) is 39.8 Å². The number of amides is 1. The van der Waals surface area contributed by atoms with Gasteiger partial charge >= 0.3 is 0 Å². The van der Waals surface area contributed by atoms with Gasteiger partial charge in [0, 0.05) is 17.5 Å². The second kappa shape index (κ2) is 8.89. The molecule has 0 fully saturated rings. The molecule has 1 heterocycles. The Labute approximate surface area is 146 Å². The summed E-state index contributed by atoms with van der Waals surface area (Å²) in [5.74, 6) is 1.55. The number of aliphatic hydroxyl groups excluding tert-OH is 1. The van der Waals surface area contributed by atoms with Gasteiger partial charge in [0.25, 0.3) is 5.91 Å². The third-order valence-electron chi connectivity index (χ3n) is 3.53. The van der Waals surface area contributed by atoms with Crippen LogP contribution in [0.3, 0.4) is 0 Å². The molecule has 6 heteroatoms. The highest BCUT2D eigenvalue weighted by Gasteiger charge is 2.14. The summed E-state index contributed by atoms with van der Waals surface area (Å²) in [4.78, 5) is 13.4. The fraction of sp³-hybridized carbons (Fsp3) is 0.444. The molecule has 0 radical (unpaired) electrons. The van der Waals surface area contributed by atoms with E-state index in [0.717, 1.165) is 16.3 Å². The number of carbonyl (C=O) groups is 1. The quantitative estimate of drug-likeness (QED) is 0.715. The molecule has 2 unspecified atom stereocenters. The average molecular weight is 348 g/mol. The summed E-state index contributed by atoms with van der Waals surface area (Å²) in [6.45, 7) is 6.20. The van der Waals surface area contributed by atoms with Crippen molar-refractivity contribution < 1.29 is 14.4 Å². The van der Waals surface area contributed by atoms with E-state index in [9.17, 15) is 9.90 Å². The Morgan fingerprint density at radius 3 is 2.79 bits per heavy atom. The maximum absolute atomic E-state index is 12.4. The van der Waals surface area contributed by atoms with Gasteiger partial charge in [-0.2, -0.15) is 0 Å². The Morgan fingerprint density at radius 1 is 1.38 bits per heavy atom. The van der Waals surface area contributed by atoms with Gasteiger partial charge in [0.2, 0.25) is 0 Å². The monoisotopic (exact) mass is 348 g/mol. The highest BCUT2D eigenvalue weighted by molar-refractivity contribution is 7.98. The first-order valence-corrected chi connectivity index (χ1v) is 9.04. The van der Waals surface area contributed by atoms with Crippen molar-refractivity contribution in [2.24, 2.45) is 5.92 Å². The fourth-order valence-corrected chi connectivity index (χ4v) is 3.37. The third kappa shape index (κ3) is 5.69. The van der Waals surface area contributed by atoms with Gasteiger partial charge in [0.15, 0.2) is 0 Å². The van der Waals surface area contributed by atoms with Crippen LogP contribution in [-0.4, -0.2) is 28.8 Å². The van der Waals surface area contributed by atoms with Crippen LogP contribution in [0.25, 0.3) is 0 Å². The number of carbonyl (C=O) groups excluding carboxylic acids is 1. The van der Waals surface area contributed by atoms with E-state index in [1.165, 1.54) is 0 Å². The number of nitrogens with zero attached hydrogens (tertiary/aromatic N) is 1. The first-order valence-electron chi connectivity index (χ1n) is 8.06. The molecule has 2 N–H and O–H groups in total. The van der Waals surface area contributed by atoms with Crippen LogP contribution in [0.1, 0.15) is 42.1 Å². The molecular formula is C18H24N2O3S. The molecule has 2 atom stereocenters. The molecular weight excluding hydrogens is 324 g/mol. The minimum atomic E-state index is -0.356. The first kappa shape index (κ1) is 18.5. The molecule has 0 saturated carbocycles. The second-order valence-electron chi connectivity index (χ2n) is 6.12. The Kier molecular flexibility index (Phi) is 6.87. The Hall–Kier alpha value is -1.79. The van der Waals surface area contributed by atoms with Crippen LogP contribution in [-0.2, 0) is 5.75 Å². The minimum absolute atomic E-state index is 0.0932. The molecule has 1 aromatic heterocycles. The number of hydrogen-bond donors (Lipinski definition) is 2. The number of hydrogen-bond acceptors (Lipinski definition) is 5. The highest BCUT2D eigenvalue weighted by atomic mass is 32.2. The number of nitrogens with one attached hydrogen (secondary N) is 1. The van der Waals surface area contributed by atoms with Gasteiger partial charge in [-0.15, -0.1) is 11.8 Å². The fourth-order valence-electron chi connectivity index (χ4n) is 2.44. The zero-order chi connectivity index (χ0) is 17.5. The number of benzene rings is 1. The lowest BCUT2D eigenvalue weighted by Gasteiger charge is -2.15. The standard InChI is InChI=1S/C18H24N2O3S/c1-12(8-14(3)21)10-19-18(22)16-6-4-5-7-17(16)24-11-15-9-13(2)20-23-15/h4-7,9,12,14,21H,8,10-11H2,1-3H3,(H,19,22).